The third-order valence-electron chi connectivity index (χ3n) is 4.84. The van der Waals surface area contributed by atoms with Gasteiger partial charge in [-0.2, -0.15) is 28.1 Å². The van der Waals surface area contributed by atoms with Crippen molar-refractivity contribution in [2.24, 2.45) is 0 Å². The summed E-state index contributed by atoms with van der Waals surface area (Å²) in [7, 11) is 1.25. The van der Waals surface area contributed by atoms with E-state index < -0.39 is 24.8 Å². The third kappa shape index (κ3) is 7.46. The van der Waals surface area contributed by atoms with Crippen molar-refractivity contribution in [3.05, 3.63) is 65.7 Å². The van der Waals surface area contributed by atoms with Gasteiger partial charge in [0.2, 0.25) is 11.9 Å². The van der Waals surface area contributed by atoms with E-state index in [4.69, 9.17) is 18.9 Å². The first-order chi connectivity index (χ1) is 17.8. The first-order valence-corrected chi connectivity index (χ1v) is 11.0. The Bertz CT molecular complexity index is 1270. The molecule has 0 saturated heterocycles. The van der Waals surface area contributed by atoms with Crippen LogP contribution in [0.1, 0.15) is 15.9 Å². The zero-order valence-electron chi connectivity index (χ0n) is 19.5. The molecule has 3 aromatic rings. The summed E-state index contributed by atoms with van der Waals surface area (Å²) < 4.78 is 59.1. The fraction of sp³-hybridized carbons (Fsp3) is 0.250. The molecule has 0 amide bonds. The Morgan fingerprint density at radius 2 is 1.73 bits per heavy atom. The zero-order chi connectivity index (χ0) is 26.3. The van der Waals surface area contributed by atoms with Crippen LogP contribution in [0.25, 0.3) is 0 Å². The van der Waals surface area contributed by atoms with Crippen LogP contribution in [0.5, 0.6) is 17.5 Å². The number of methoxy groups -OCH3 is 1. The second kappa shape index (κ2) is 11.5. The van der Waals surface area contributed by atoms with Gasteiger partial charge in [0.05, 0.1) is 7.11 Å². The van der Waals surface area contributed by atoms with Crippen LogP contribution in [0.3, 0.4) is 0 Å². The minimum Gasteiger partial charge on any atom is -0.490 e. The van der Waals surface area contributed by atoms with Gasteiger partial charge in [0, 0.05) is 18.3 Å². The van der Waals surface area contributed by atoms with Gasteiger partial charge in [-0.05, 0) is 42.0 Å². The van der Waals surface area contributed by atoms with E-state index >= 15 is 0 Å². The van der Waals surface area contributed by atoms with Gasteiger partial charge in [-0.15, -0.1) is 0 Å². The highest BCUT2D eigenvalue weighted by atomic mass is 19.4. The molecule has 5 rings (SSSR count). The second-order valence-electron chi connectivity index (χ2n) is 7.59. The van der Waals surface area contributed by atoms with Crippen LogP contribution < -0.4 is 24.8 Å². The summed E-state index contributed by atoms with van der Waals surface area (Å²) in [5.41, 5.74) is 1.42. The molecule has 2 aliphatic heterocycles. The number of rotatable bonds is 3. The SMILES string of the molecule is COC(=O)c1ccc2cc1OCC=CCOc1ccc(cc1)CNc1nc(nc(OCC(F)(F)F)n1)N2. The maximum absolute atomic E-state index is 12.7. The molecule has 0 radical (unpaired) electrons. The molecule has 10 nitrogen and oxygen atoms in total. The molecule has 0 atom stereocenters. The van der Waals surface area contributed by atoms with Crippen molar-refractivity contribution in [2.75, 3.05) is 37.6 Å². The molecule has 194 valence electrons. The number of halogens is 3. The van der Waals surface area contributed by atoms with E-state index in [9.17, 15) is 18.0 Å². The average Bonchev–Trinajstić information content (AvgIpc) is 2.88. The first-order valence-electron chi connectivity index (χ1n) is 11.0. The van der Waals surface area contributed by atoms with Gasteiger partial charge in [0.15, 0.2) is 6.61 Å². The summed E-state index contributed by atoms with van der Waals surface area (Å²) in [6.07, 6.45) is -1.07. The number of nitrogens with zero attached hydrogens (tertiary/aromatic N) is 3. The highest BCUT2D eigenvalue weighted by molar-refractivity contribution is 5.93. The van der Waals surface area contributed by atoms with Crippen molar-refractivity contribution in [3.8, 4) is 17.5 Å². The zero-order valence-corrected chi connectivity index (χ0v) is 19.5. The average molecular weight is 517 g/mol. The van der Waals surface area contributed by atoms with E-state index in [0.29, 0.717) is 18.0 Å². The molecule has 3 heterocycles. The van der Waals surface area contributed by atoms with Gasteiger partial charge >= 0.3 is 18.2 Å². The van der Waals surface area contributed by atoms with Crippen molar-refractivity contribution in [1.82, 2.24) is 15.0 Å². The molecule has 6 bridgehead atoms. The van der Waals surface area contributed by atoms with E-state index in [-0.39, 0.29) is 36.4 Å². The molecule has 0 aliphatic carbocycles. The summed E-state index contributed by atoms with van der Waals surface area (Å²) in [6, 6.07) is 11.2. The predicted octanol–water partition coefficient (Wildman–Crippen LogP) is 4.28. The lowest BCUT2D eigenvalue weighted by atomic mass is 10.2. The van der Waals surface area contributed by atoms with E-state index in [1.807, 2.05) is 12.1 Å². The second-order valence-corrected chi connectivity index (χ2v) is 7.59. The summed E-state index contributed by atoms with van der Waals surface area (Å²) in [4.78, 5) is 24.3. The van der Waals surface area contributed by atoms with Crippen LogP contribution in [-0.2, 0) is 11.3 Å². The van der Waals surface area contributed by atoms with Crippen LogP contribution in [-0.4, -0.2) is 54.0 Å². The number of carbonyl (C=O) groups excluding carboxylic acids is 1. The maximum Gasteiger partial charge on any atom is 0.422 e. The maximum atomic E-state index is 12.7. The summed E-state index contributed by atoms with van der Waals surface area (Å²) in [6.45, 7) is -0.867. The van der Waals surface area contributed by atoms with Gasteiger partial charge in [-0.25, -0.2) is 4.79 Å². The first kappa shape index (κ1) is 25.5. The van der Waals surface area contributed by atoms with Gasteiger partial charge in [-0.1, -0.05) is 12.1 Å². The summed E-state index contributed by atoms with van der Waals surface area (Å²) >= 11 is 0. The van der Waals surface area contributed by atoms with E-state index in [1.165, 1.54) is 19.2 Å². The predicted molar refractivity (Wildman–Crippen MR) is 126 cm³/mol. The monoisotopic (exact) mass is 517 g/mol. The van der Waals surface area contributed by atoms with Crippen molar-refractivity contribution in [1.29, 1.82) is 0 Å². The van der Waals surface area contributed by atoms with E-state index in [1.54, 1.807) is 30.4 Å². The number of nitrogens with one attached hydrogen (secondary N) is 2. The fourth-order valence-electron chi connectivity index (χ4n) is 3.13. The van der Waals surface area contributed by atoms with Gasteiger partial charge in [-0.3, -0.25) is 0 Å². The van der Waals surface area contributed by atoms with Gasteiger partial charge in [0.1, 0.15) is 30.3 Å². The van der Waals surface area contributed by atoms with Crippen LogP contribution in [0.2, 0.25) is 0 Å². The molecule has 2 aromatic carbocycles. The van der Waals surface area contributed by atoms with Crippen LogP contribution in [0.15, 0.2) is 54.6 Å². The Kier molecular flexibility index (Phi) is 7.91. The van der Waals surface area contributed by atoms with Gasteiger partial charge < -0.3 is 29.6 Å². The minimum absolute atomic E-state index is 0.0141. The standard InChI is InChI=1S/C24H22F3N5O5/c1-34-20(33)18-9-6-16-12-19(18)36-11-3-2-10-35-17-7-4-15(5-8-17)13-28-21-30-22(29-16)32-23(31-21)37-14-24(25,26)27/h2-9,12H,10-11,13-14H2,1H3,(H2,28,29,30,31,32). The number of alkyl halides is 3. The molecular formula is C24H22F3N5O5. The molecular weight excluding hydrogens is 495 g/mol. The van der Waals surface area contributed by atoms with Crippen molar-refractivity contribution >= 4 is 23.6 Å². The lowest BCUT2D eigenvalue weighted by Gasteiger charge is -2.14. The Morgan fingerprint density at radius 3 is 2.46 bits per heavy atom. The lowest BCUT2D eigenvalue weighted by Crippen LogP contribution is -2.21. The molecule has 1 aromatic heterocycles. The number of esters is 1. The summed E-state index contributed by atoms with van der Waals surface area (Å²) in [5.74, 6) is 0.136. The van der Waals surface area contributed by atoms with Crippen LogP contribution in [0.4, 0.5) is 30.8 Å². The molecule has 0 spiro atoms. The fourth-order valence-corrected chi connectivity index (χ4v) is 3.13. The van der Waals surface area contributed by atoms with Crippen LogP contribution >= 0.6 is 0 Å². The Morgan fingerprint density at radius 1 is 1.00 bits per heavy atom. The molecule has 0 unspecified atom stereocenters. The molecule has 13 heteroatoms. The largest absolute Gasteiger partial charge is 0.490 e. The summed E-state index contributed by atoms with van der Waals surface area (Å²) in [5, 5.41) is 5.83. The Labute approximate surface area is 209 Å². The number of anilines is 3. The quantitative estimate of drug-likeness (QED) is 0.385. The number of benzene rings is 2. The number of carbonyl (C=O) groups is 1. The number of hydrogen-bond donors (Lipinski definition) is 2. The molecule has 0 fully saturated rings. The minimum atomic E-state index is -4.58. The van der Waals surface area contributed by atoms with Gasteiger partial charge in [0.25, 0.3) is 0 Å². The molecule has 0 saturated carbocycles. The molecule has 37 heavy (non-hydrogen) atoms. The van der Waals surface area contributed by atoms with Crippen molar-refractivity contribution in [2.45, 2.75) is 12.7 Å². The van der Waals surface area contributed by atoms with Crippen LogP contribution in [0, 0.1) is 0 Å². The number of ether oxygens (including phenoxy) is 4. The smallest absolute Gasteiger partial charge is 0.422 e. The Hall–Kier alpha value is -4.55. The number of aromatic nitrogens is 3. The van der Waals surface area contributed by atoms with E-state index in [2.05, 4.69) is 25.6 Å². The van der Waals surface area contributed by atoms with Crippen molar-refractivity contribution in [3.63, 3.8) is 0 Å². The number of fused-ring (bicyclic) bond motifs is 7. The molecule has 2 N–H and O–H groups in total. The topological polar surface area (TPSA) is 117 Å². The Balaban J connectivity index is 1.68. The number of hydrogen-bond acceptors (Lipinski definition) is 10. The highest BCUT2D eigenvalue weighted by Crippen LogP contribution is 2.27. The lowest BCUT2D eigenvalue weighted by molar-refractivity contribution is -0.154. The highest BCUT2D eigenvalue weighted by Gasteiger charge is 2.29. The van der Waals surface area contributed by atoms with Crippen molar-refractivity contribution < 1.29 is 36.9 Å². The van der Waals surface area contributed by atoms with E-state index in [0.717, 1.165) is 5.56 Å². The third-order valence-corrected chi connectivity index (χ3v) is 4.84. The molecule has 2 aliphatic rings. The normalized spacial score (nSPS) is 13.5.